The van der Waals surface area contributed by atoms with E-state index in [1.807, 2.05) is 6.92 Å². The molecule has 32 heavy (non-hydrogen) atoms. The van der Waals surface area contributed by atoms with Crippen LogP contribution >= 0.6 is 0 Å². The highest BCUT2D eigenvalue weighted by Gasteiger charge is 2.69. The molecule has 0 heterocycles. The molecular formula is C23H34F6O3. The Labute approximate surface area is 193 Å². The molecule has 0 aromatic rings. The minimum absolute atomic E-state index is 0.0174. The van der Waals surface area contributed by atoms with Crippen LogP contribution in [0.2, 0.25) is 0 Å². The maximum Gasteiger partial charge on any atom is 0.429 e. The van der Waals surface area contributed by atoms with Crippen molar-refractivity contribution in [3.8, 4) is 0 Å². The van der Waals surface area contributed by atoms with E-state index >= 15 is 0 Å². The fourth-order valence-electron chi connectivity index (χ4n) is 5.61. The molecule has 0 aromatic heterocycles. The number of Topliss-reactive ketones (excluding diaryl/α,β-unsaturated/α-hetero) is 1. The summed E-state index contributed by atoms with van der Waals surface area (Å²) in [5.41, 5.74) is -8.71. The van der Waals surface area contributed by atoms with Crippen molar-refractivity contribution in [2.45, 2.75) is 102 Å². The van der Waals surface area contributed by atoms with Crippen molar-refractivity contribution in [1.29, 1.82) is 0 Å². The fraction of sp³-hybridized carbons (Fsp3) is 0.870. The Morgan fingerprint density at radius 1 is 1.16 bits per heavy atom. The second kappa shape index (κ2) is 9.28. The van der Waals surface area contributed by atoms with Crippen molar-refractivity contribution in [1.82, 2.24) is 0 Å². The van der Waals surface area contributed by atoms with Gasteiger partial charge in [-0.3, -0.25) is 4.79 Å². The maximum absolute atomic E-state index is 13.1. The highest BCUT2D eigenvalue weighted by Crippen LogP contribution is 2.58. The van der Waals surface area contributed by atoms with Crippen LogP contribution in [0.4, 0.5) is 26.3 Å². The topological polar surface area (TPSA) is 57.5 Å². The lowest BCUT2D eigenvalue weighted by Crippen LogP contribution is -2.55. The number of hydrogen-bond donors (Lipinski definition) is 2. The molecule has 0 radical (unpaired) electrons. The summed E-state index contributed by atoms with van der Waals surface area (Å²) < 4.78 is 124. The molecule has 0 bridgehead atoms. The van der Waals surface area contributed by atoms with Gasteiger partial charge >= 0.3 is 12.4 Å². The first-order valence-electron chi connectivity index (χ1n) is 13.7. The molecule has 2 rings (SSSR count). The van der Waals surface area contributed by atoms with E-state index in [0.717, 1.165) is 0 Å². The number of allylic oxidation sites excluding steroid dienone is 1. The van der Waals surface area contributed by atoms with Gasteiger partial charge in [-0.1, -0.05) is 19.4 Å². The molecule has 0 saturated heterocycles. The van der Waals surface area contributed by atoms with Crippen LogP contribution in [-0.4, -0.2) is 39.6 Å². The maximum atomic E-state index is 13.1. The van der Waals surface area contributed by atoms with Crippen LogP contribution in [0.15, 0.2) is 12.2 Å². The summed E-state index contributed by atoms with van der Waals surface area (Å²) in [5.74, 6) is -1.27. The van der Waals surface area contributed by atoms with Crippen molar-refractivity contribution in [2.75, 3.05) is 0 Å². The molecule has 0 spiro atoms. The quantitative estimate of drug-likeness (QED) is 0.326. The molecular weight excluding hydrogens is 438 g/mol. The molecule has 0 unspecified atom stereocenters. The van der Waals surface area contributed by atoms with E-state index in [1.54, 1.807) is 0 Å². The van der Waals surface area contributed by atoms with Gasteiger partial charge in [0.25, 0.3) is 5.60 Å². The molecule has 2 saturated carbocycles. The molecule has 2 N–H and O–H groups in total. The average Bonchev–Trinajstić information content (AvgIpc) is 3.07. The van der Waals surface area contributed by atoms with Gasteiger partial charge in [-0.25, -0.2) is 0 Å². The first kappa shape index (κ1) is 19.2. The van der Waals surface area contributed by atoms with Crippen molar-refractivity contribution in [2.24, 2.45) is 23.2 Å². The lowest BCUT2D eigenvalue weighted by molar-refractivity contribution is -0.347. The Morgan fingerprint density at radius 3 is 2.34 bits per heavy atom. The second-order valence-corrected chi connectivity index (χ2v) is 9.47. The van der Waals surface area contributed by atoms with Crippen LogP contribution in [0.25, 0.3) is 0 Å². The van der Waals surface area contributed by atoms with Gasteiger partial charge in [0.05, 0.1) is 5.60 Å². The van der Waals surface area contributed by atoms with Crippen LogP contribution in [0.1, 0.15) is 86.6 Å². The zero-order valence-corrected chi connectivity index (χ0v) is 17.8. The number of aliphatic hydroxyl groups is 2. The van der Waals surface area contributed by atoms with Gasteiger partial charge in [0.2, 0.25) is 0 Å². The van der Waals surface area contributed by atoms with Gasteiger partial charge < -0.3 is 10.2 Å². The third-order valence-corrected chi connectivity index (χ3v) is 7.28. The molecule has 3 nitrogen and oxygen atoms in total. The minimum Gasteiger partial charge on any atom is -0.390 e. The summed E-state index contributed by atoms with van der Waals surface area (Å²) >= 11 is 0. The first-order valence-corrected chi connectivity index (χ1v) is 10.7. The van der Waals surface area contributed by atoms with E-state index in [-0.39, 0.29) is 43.0 Å². The van der Waals surface area contributed by atoms with E-state index in [0.29, 0.717) is 38.2 Å². The Bertz CT molecular complexity index is 855. The zero-order valence-electron chi connectivity index (χ0n) is 23.8. The van der Waals surface area contributed by atoms with Crippen LogP contribution in [-0.2, 0) is 4.79 Å². The smallest absolute Gasteiger partial charge is 0.390 e. The summed E-state index contributed by atoms with van der Waals surface area (Å²) in [6.07, 6.45) is -10.6. The number of fused-ring (bicyclic) bond motifs is 1. The van der Waals surface area contributed by atoms with Gasteiger partial charge in [-0.2, -0.15) is 26.3 Å². The fourth-order valence-corrected chi connectivity index (χ4v) is 5.61. The van der Waals surface area contributed by atoms with Gasteiger partial charge in [0, 0.05) is 20.6 Å². The van der Waals surface area contributed by atoms with Crippen LogP contribution < -0.4 is 0 Å². The predicted octanol–water partition coefficient (Wildman–Crippen LogP) is 6.13. The van der Waals surface area contributed by atoms with E-state index in [2.05, 4.69) is 0 Å². The highest BCUT2D eigenvalue weighted by molar-refractivity contribution is 5.83. The Hall–Kier alpha value is -1.09. The van der Waals surface area contributed by atoms with Gasteiger partial charge in [-0.05, 0) is 82.0 Å². The van der Waals surface area contributed by atoms with E-state index in [4.69, 9.17) is 8.22 Å². The zero-order chi connectivity index (χ0) is 29.6. The van der Waals surface area contributed by atoms with Crippen molar-refractivity contribution >= 4 is 5.78 Å². The lowest BCUT2D eigenvalue weighted by Gasteiger charge is -2.43. The Morgan fingerprint density at radius 2 is 1.78 bits per heavy atom. The highest BCUT2D eigenvalue weighted by atomic mass is 19.4. The molecule has 0 aliphatic heterocycles. The summed E-state index contributed by atoms with van der Waals surface area (Å²) in [7, 11) is 0. The van der Waals surface area contributed by atoms with Gasteiger partial charge in [0.1, 0.15) is 5.78 Å². The number of carbonyl (C=O) groups is 1. The number of carbonyl (C=O) groups excluding carboxylic acids is 1. The number of rotatable bonds is 8. The third kappa shape index (κ3) is 5.69. The average molecular weight is 479 g/mol. The third-order valence-electron chi connectivity index (χ3n) is 7.28. The lowest BCUT2D eigenvalue weighted by atomic mass is 9.61. The first-order chi connectivity index (χ1) is 16.9. The second-order valence-electron chi connectivity index (χ2n) is 9.47. The molecule has 2 aliphatic rings. The molecule has 4 atom stereocenters. The molecule has 0 aromatic carbocycles. The Kier molecular flexibility index (Phi) is 5.58. The van der Waals surface area contributed by atoms with Crippen LogP contribution in [0.5, 0.6) is 0 Å². The molecule has 2 aliphatic carbocycles. The van der Waals surface area contributed by atoms with Gasteiger partial charge in [0.15, 0.2) is 0 Å². The molecule has 0 amide bonds. The number of ketones is 1. The van der Waals surface area contributed by atoms with Crippen molar-refractivity contribution in [3.63, 3.8) is 0 Å². The summed E-state index contributed by atoms with van der Waals surface area (Å²) in [4.78, 5) is 12.5. The normalized spacial score (nSPS) is 32.5. The number of hydrogen-bond acceptors (Lipinski definition) is 3. The standard InChI is InChI=1S/C23H34F6O3/c1-19(2,31)12-4-7-15(8-5-14-21(32,22(24,25)26)23(27,28)29)16-10-11-17-18(30)9-6-13-20(16,17)3/h5,14-17,31-32H,4,6-13H2,1-3H3/b14-5+/t15-,16+,17-,20+/m0/s1/i1D3,2D3. The van der Waals surface area contributed by atoms with Crippen molar-refractivity contribution < 1.29 is 49.6 Å². The van der Waals surface area contributed by atoms with Crippen LogP contribution in [0, 0.1) is 23.2 Å². The largest absolute Gasteiger partial charge is 0.429 e. The molecule has 9 heteroatoms. The molecule has 2 fully saturated rings. The van der Waals surface area contributed by atoms with E-state index in [1.165, 1.54) is 0 Å². The Balaban J connectivity index is 2.36. The molecule has 186 valence electrons. The number of halogens is 6. The van der Waals surface area contributed by atoms with Crippen LogP contribution in [0.3, 0.4) is 0 Å². The van der Waals surface area contributed by atoms with E-state index in [9.17, 15) is 41.4 Å². The minimum atomic E-state index is -6.03. The van der Waals surface area contributed by atoms with Crippen molar-refractivity contribution in [3.05, 3.63) is 12.2 Å². The SMILES string of the molecule is [2H]C([2H])([2H])C(O)(CCC[C@@H](C/C=C/C(O)(C(F)(F)F)C(F)(F)F)[C@H]1CC[C@H]2C(=O)CCC[C@]12C)C([2H])([2H])[2H]. The number of alkyl halides is 6. The monoisotopic (exact) mass is 478 g/mol. The predicted molar refractivity (Wildman–Crippen MR) is 108 cm³/mol. The van der Waals surface area contributed by atoms with Gasteiger partial charge in [-0.15, -0.1) is 0 Å². The van der Waals surface area contributed by atoms with E-state index < -0.39 is 55.0 Å². The summed E-state index contributed by atoms with van der Waals surface area (Å²) in [6, 6.07) is 0. The summed E-state index contributed by atoms with van der Waals surface area (Å²) in [6.45, 7) is -4.69. The summed E-state index contributed by atoms with van der Waals surface area (Å²) in [5, 5.41) is 20.0.